The van der Waals surface area contributed by atoms with Gasteiger partial charge in [0.25, 0.3) is 0 Å². The molecule has 0 bridgehead atoms. The Morgan fingerprint density at radius 3 is 2.76 bits per heavy atom. The van der Waals surface area contributed by atoms with Crippen LogP contribution in [0.3, 0.4) is 0 Å². The second kappa shape index (κ2) is 7.06. The van der Waals surface area contributed by atoms with E-state index >= 15 is 0 Å². The van der Waals surface area contributed by atoms with Crippen LogP contribution in [0.2, 0.25) is 5.02 Å². The fraction of sp³-hybridized carbons (Fsp3) is 0.350. The molecule has 4 rings (SSSR count). The van der Waals surface area contributed by atoms with Gasteiger partial charge in [-0.1, -0.05) is 48.0 Å². The molecule has 0 aromatic heterocycles. The van der Waals surface area contributed by atoms with Crippen molar-refractivity contribution in [1.82, 2.24) is 10.2 Å². The molecule has 2 aromatic rings. The number of piperidine rings is 1. The average Bonchev–Trinajstić information content (AvgIpc) is 2.63. The van der Waals surface area contributed by atoms with Gasteiger partial charge in [0.1, 0.15) is 0 Å². The molecule has 2 aliphatic heterocycles. The molecule has 2 amide bonds. The Bertz CT molecular complexity index is 779. The van der Waals surface area contributed by atoms with Crippen LogP contribution in [0.1, 0.15) is 30.0 Å². The van der Waals surface area contributed by atoms with Crippen LogP contribution in [0.4, 0.5) is 10.5 Å². The highest BCUT2D eigenvalue weighted by atomic mass is 35.5. The van der Waals surface area contributed by atoms with Gasteiger partial charge in [-0.2, -0.15) is 0 Å². The highest BCUT2D eigenvalue weighted by molar-refractivity contribution is 6.33. The minimum Gasteiger partial charge on any atom is -0.335 e. The van der Waals surface area contributed by atoms with Crippen LogP contribution >= 0.6 is 11.6 Å². The smallest absolute Gasteiger partial charge is 0.319 e. The van der Waals surface area contributed by atoms with Crippen LogP contribution in [0, 0.1) is 0 Å². The van der Waals surface area contributed by atoms with Gasteiger partial charge in [-0.3, -0.25) is 4.90 Å². The van der Waals surface area contributed by atoms with E-state index in [4.69, 9.17) is 11.6 Å². The third kappa shape index (κ3) is 3.51. The van der Waals surface area contributed by atoms with Gasteiger partial charge in [0, 0.05) is 25.2 Å². The summed E-state index contributed by atoms with van der Waals surface area (Å²) >= 11 is 6.11. The highest BCUT2D eigenvalue weighted by Gasteiger charge is 2.33. The quantitative estimate of drug-likeness (QED) is 0.847. The van der Waals surface area contributed by atoms with E-state index in [1.165, 1.54) is 11.1 Å². The molecular formula is C20H22ClN3O. The number of rotatable bonds is 2. The number of carbonyl (C=O) groups is 1. The number of para-hydroxylation sites is 1. The van der Waals surface area contributed by atoms with Gasteiger partial charge in [-0.05, 0) is 42.5 Å². The molecule has 2 unspecified atom stereocenters. The Morgan fingerprint density at radius 1 is 1.08 bits per heavy atom. The van der Waals surface area contributed by atoms with E-state index in [9.17, 15) is 4.79 Å². The Kier molecular flexibility index (Phi) is 4.64. The van der Waals surface area contributed by atoms with E-state index in [-0.39, 0.29) is 12.1 Å². The van der Waals surface area contributed by atoms with Crippen LogP contribution < -0.4 is 10.6 Å². The molecule has 130 valence electrons. The van der Waals surface area contributed by atoms with Gasteiger partial charge in [0.2, 0.25) is 0 Å². The fourth-order valence-electron chi connectivity index (χ4n) is 3.99. The number of hydrogen-bond acceptors (Lipinski definition) is 2. The monoisotopic (exact) mass is 355 g/mol. The van der Waals surface area contributed by atoms with E-state index in [2.05, 4.69) is 39.8 Å². The Balaban J connectivity index is 1.42. The van der Waals surface area contributed by atoms with Crippen LogP contribution in [0.15, 0.2) is 48.5 Å². The predicted molar refractivity (Wildman–Crippen MR) is 101 cm³/mol. The van der Waals surface area contributed by atoms with Crippen molar-refractivity contribution < 1.29 is 4.79 Å². The maximum atomic E-state index is 12.3. The van der Waals surface area contributed by atoms with Crippen molar-refractivity contribution in [2.75, 3.05) is 18.4 Å². The van der Waals surface area contributed by atoms with Gasteiger partial charge in [0.15, 0.2) is 0 Å². The zero-order chi connectivity index (χ0) is 17.2. The van der Waals surface area contributed by atoms with E-state index < -0.39 is 0 Å². The standard InChI is InChI=1S/C20H22ClN3O/c21-17-7-3-4-8-18(17)23-20(25)22-15-10-12-24-11-9-14-5-1-2-6-16(14)19(24)13-15/h1-8,15,19H,9-13H2,(H2,22,23,25). The lowest BCUT2D eigenvalue weighted by atomic mass is 9.85. The first-order chi connectivity index (χ1) is 12.2. The molecule has 2 aromatic carbocycles. The number of anilines is 1. The normalized spacial score (nSPS) is 22.6. The van der Waals surface area contributed by atoms with Crippen LogP contribution in [0.5, 0.6) is 0 Å². The minimum atomic E-state index is -0.185. The molecule has 25 heavy (non-hydrogen) atoms. The number of carbonyl (C=O) groups excluding carboxylic acids is 1. The molecular weight excluding hydrogens is 334 g/mol. The second-order valence-corrected chi connectivity index (χ2v) is 7.21. The summed E-state index contributed by atoms with van der Waals surface area (Å²) in [5.74, 6) is 0. The lowest BCUT2D eigenvalue weighted by Crippen LogP contribution is -2.49. The van der Waals surface area contributed by atoms with Crippen molar-refractivity contribution in [3.05, 3.63) is 64.7 Å². The molecule has 2 N–H and O–H groups in total. The molecule has 5 heteroatoms. The molecule has 0 saturated carbocycles. The van der Waals surface area contributed by atoms with Crippen LogP contribution in [0.25, 0.3) is 0 Å². The summed E-state index contributed by atoms with van der Waals surface area (Å²) < 4.78 is 0. The summed E-state index contributed by atoms with van der Waals surface area (Å²) in [6, 6.07) is 16.4. The van der Waals surface area contributed by atoms with Crippen molar-refractivity contribution in [3.8, 4) is 0 Å². The number of urea groups is 1. The number of fused-ring (bicyclic) bond motifs is 3. The fourth-order valence-corrected chi connectivity index (χ4v) is 4.18. The zero-order valence-electron chi connectivity index (χ0n) is 14.0. The molecule has 0 radical (unpaired) electrons. The van der Waals surface area contributed by atoms with E-state index in [0.29, 0.717) is 16.8 Å². The highest BCUT2D eigenvalue weighted by Crippen LogP contribution is 2.36. The Hall–Kier alpha value is -2.04. The minimum absolute atomic E-state index is 0.176. The maximum absolute atomic E-state index is 12.3. The number of amides is 2. The molecule has 0 spiro atoms. The molecule has 1 saturated heterocycles. The summed E-state index contributed by atoms with van der Waals surface area (Å²) in [5, 5.41) is 6.53. The third-order valence-electron chi connectivity index (χ3n) is 5.25. The number of nitrogens with zero attached hydrogens (tertiary/aromatic N) is 1. The maximum Gasteiger partial charge on any atom is 0.319 e. The third-order valence-corrected chi connectivity index (χ3v) is 5.58. The number of halogens is 1. The Labute approximate surface area is 153 Å². The first-order valence-electron chi connectivity index (χ1n) is 8.84. The summed E-state index contributed by atoms with van der Waals surface area (Å²) in [7, 11) is 0. The van der Waals surface area contributed by atoms with Gasteiger partial charge >= 0.3 is 6.03 Å². The number of benzene rings is 2. The van der Waals surface area contributed by atoms with Crippen molar-refractivity contribution in [2.24, 2.45) is 0 Å². The summed E-state index contributed by atoms with van der Waals surface area (Å²) in [5.41, 5.74) is 3.51. The van der Waals surface area contributed by atoms with Crippen molar-refractivity contribution in [1.29, 1.82) is 0 Å². The SMILES string of the molecule is O=C(Nc1ccccc1Cl)NC1CCN2CCc3ccccc3C2C1. The summed E-state index contributed by atoms with van der Waals surface area (Å²) in [4.78, 5) is 14.9. The van der Waals surface area contributed by atoms with Crippen molar-refractivity contribution in [2.45, 2.75) is 31.3 Å². The zero-order valence-corrected chi connectivity index (χ0v) is 14.8. The van der Waals surface area contributed by atoms with Gasteiger partial charge in [0.05, 0.1) is 10.7 Å². The lowest BCUT2D eigenvalue weighted by Gasteiger charge is -2.43. The van der Waals surface area contributed by atoms with Crippen molar-refractivity contribution >= 4 is 23.3 Å². The van der Waals surface area contributed by atoms with E-state index in [0.717, 1.165) is 32.4 Å². The van der Waals surface area contributed by atoms with Crippen LogP contribution in [-0.4, -0.2) is 30.1 Å². The first-order valence-corrected chi connectivity index (χ1v) is 9.22. The largest absolute Gasteiger partial charge is 0.335 e. The van der Waals surface area contributed by atoms with Crippen LogP contribution in [-0.2, 0) is 6.42 Å². The first kappa shape index (κ1) is 16.4. The number of hydrogen-bond donors (Lipinski definition) is 2. The van der Waals surface area contributed by atoms with E-state index in [1.54, 1.807) is 6.07 Å². The molecule has 1 fully saturated rings. The predicted octanol–water partition coefficient (Wildman–Crippen LogP) is 4.22. The molecule has 2 aliphatic rings. The van der Waals surface area contributed by atoms with E-state index in [1.807, 2.05) is 18.2 Å². The van der Waals surface area contributed by atoms with Crippen molar-refractivity contribution in [3.63, 3.8) is 0 Å². The van der Waals surface area contributed by atoms with Gasteiger partial charge in [-0.15, -0.1) is 0 Å². The molecule has 0 aliphatic carbocycles. The Morgan fingerprint density at radius 2 is 1.88 bits per heavy atom. The average molecular weight is 356 g/mol. The summed E-state index contributed by atoms with van der Waals surface area (Å²) in [6.07, 6.45) is 3.05. The van der Waals surface area contributed by atoms with Gasteiger partial charge < -0.3 is 10.6 Å². The molecule has 2 atom stereocenters. The topological polar surface area (TPSA) is 44.4 Å². The number of nitrogens with one attached hydrogen (secondary N) is 2. The molecule has 2 heterocycles. The lowest BCUT2D eigenvalue weighted by molar-refractivity contribution is 0.118. The molecule has 4 nitrogen and oxygen atoms in total. The summed E-state index contributed by atoms with van der Waals surface area (Å²) in [6.45, 7) is 2.14. The second-order valence-electron chi connectivity index (χ2n) is 6.80. The van der Waals surface area contributed by atoms with Gasteiger partial charge in [-0.25, -0.2) is 4.79 Å².